The second-order valence-electron chi connectivity index (χ2n) is 3.53. The summed E-state index contributed by atoms with van der Waals surface area (Å²) in [6.45, 7) is 4.57. The molecular formula is C12H14N2O. The van der Waals surface area contributed by atoms with Crippen LogP contribution in [0.15, 0.2) is 18.2 Å². The number of amides is 1. The molecule has 0 aliphatic rings. The van der Waals surface area contributed by atoms with E-state index in [0.29, 0.717) is 6.54 Å². The number of hydrogen-bond acceptors (Lipinski definition) is 2. The third-order valence-corrected chi connectivity index (χ3v) is 2.30. The minimum absolute atomic E-state index is 0.0785. The van der Waals surface area contributed by atoms with Crippen LogP contribution in [0.25, 0.3) is 0 Å². The van der Waals surface area contributed by atoms with Crippen LogP contribution < -0.4 is 5.32 Å². The van der Waals surface area contributed by atoms with Gasteiger partial charge in [0.15, 0.2) is 0 Å². The standard InChI is InChI=1S/C12H14N2O/c1-9-3-4-11(7-10(9)2)8-14-12(15)5-6-13/h3-4,7H,5,8H2,1-2H3,(H,14,15). The molecule has 0 radical (unpaired) electrons. The number of hydrogen-bond donors (Lipinski definition) is 1. The largest absolute Gasteiger partial charge is 0.351 e. The lowest BCUT2D eigenvalue weighted by Gasteiger charge is -2.05. The molecule has 78 valence electrons. The molecule has 0 atom stereocenters. The van der Waals surface area contributed by atoms with Crippen LogP contribution in [0, 0.1) is 25.2 Å². The van der Waals surface area contributed by atoms with Crippen LogP contribution in [-0.2, 0) is 11.3 Å². The molecule has 0 aliphatic heterocycles. The van der Waals surface area contributed by atoms with Crippen LogP contribution >= 0.6 is 0 Å². The molecule has 0 aliphatic carbocycles. The lowest BCUT2D eigenvalue weighted by atomic mass is 10.1. The Morgan fingerprint density at radius 1 is 1.40 bits per heavy atom. The number of carbonyl (C=O) groups excluding carboxylic acids is 1. The summed E-state index contributed by atoms with van der Waals surface area (Å²) >= 11 is 0. The molecule has 1 N–H and O–H groups in total. The van der Waals surface area contributed by atoms with Crippen LogP contribution in [0.2, 0.25) is 0 Å². The third kappa shape index (κ3) is 3.43. The van der Waals surface area contributed by atoms with Crippen LogP contribution in [0.3, 0.4) is 0 Å². The molecule has 0 unspecified atom stereocenters. The van der Waals surface area contributed by atoms with Crippen LogP contribution in [0.5, 0.6) is 0 Å². The summed E-state index contributed by atoms with van der Waals surface area (Å²) in [7, 11) is 0. The van der Waals surface area contributed by atoms with Crippen molar-refractivity contribution < 1.29 is 4.79 Å². The molecule has 0 fully saturated rings. The van der Waals surface area contributed by atoms with Crippen molar-refractivity contribution in [1.29, 1.82) is 5.26 Å². The highest BCUT2D eigenvalue weighted by molar-refractivity contribution is 5.77. The van der Waals surface area contributed by atoms with E-state index in [1.807, 2.05) is 38.1 Å². The maximum absolute atomic E-state index is 11.0. The van der Waals surface area contributed by atoms with Gasteiger partial charge in [-0.1, -0.05) is 18.2 Å². The number of nitrogens with zero attached hydrogens (tertiary/aromatic N) is 1. The van der Waals surface area contributed by atoms with E-state index in [1.165, 1.54) is 11.1 Å². The molecule has 0 heterocycles. The van der Waals surface area contributed by atoms with Gasteiger partial charge < -0.3 is 5.32 Å². The molecule has 1 aromatic carbocycles. The van der Waals surface area contributed by atoms with E-state index in [2.05, 4.69) is 5.32 Å². The number of carbonyl (C=O) groups is 1. The maximum atomic E-state index is 11.0. The van der Waals surface area contributed by atoms with Crippen molar-refractivity contribution >= 4 is 5.91 Å². The molecule has 15 heavy (non-hydrogen) atoms. The van der Waals surface area contributed by atoms with Gasteiger partial charge in [0.1, 0.15) is 6.42 Å². The van der Waals surface area contributed by atoms with E-state index in [-0.39, 0.29) is 12.3 Å². The SMILES string of the molecule is Cc1ccc(CNC(=O)CC#N)cc1C. The molecule has 0 saturated heterocycles. The molecule has 0 saturated carbocycles. The first-order chi connectivity index (χ1) is 7.13. The number of benzene rings is 1. The van der Waals surface area contributed by atoms with Gasteiger partial charge in [-0.15, -0.1) is 0 Å². The Bertz CT molecular complexity index is 405. The minimum atomic E-state index is -0.226. The zero-order chi connectivity index (χ0) is 11.3. The molecule has 3 heteroatoms. The topological polar surface area (TPSA) is 52.9 Å². The van der Waals surface area contributed by atoms with Crippen molar-refractivity contribution in [1.82, 2.24) is 5.32 Å². The number of rotatable bonds is 3. The summed E-state index contributed by atoms with van der Waals surface area (Å²) in [5.74, 6) is -0.226. The van der Waals surface area contributed by atoms with Crippen molar-refractivity contribution in [3.63, 3.8) is 0 Å². The summed E-state index contributed by atoms with van der Waals surface area (Å²) in [6.07, 6.45) is -0.0785. The quantitative estimate of drug-likeness (QED) is 0.813. The van der Waals surface area contributed by atoms with Gasteiger partial charge in [0, 0.05) is 6.54 Å². The molecule has 1 aromatic rings. The summed E-state index contributed by atoms with van der Waals surface area (Å²) in [5.41, 5.74) is 3.51. The van der Waals surface area contributed by atoms with E-state index in [9.17, 15) is 4.79 Å². The second kappa shape index (κ2) is 5.16. The van der Waals surface area contributed by atoms with Gasteiger partial charge in [0.2, 0.25) is 5.91 Å². The molecule has 1 rings (SSSR count). The zero-order valence-electron chi connectivity index (χ0n) is 9.00. The van der Waals surface area contributed by atoms with Crippen molar-refractivity contribution in [2.75, 3.05) is 0 Å². The molecule has 0 aromatic heterocycles. The van der Waals surface area contributed by atoms with E-state index >= 15 is 0 Å². The first-order valence-corrected chi connectivity index (χ1v) is 4.83. The third-order valence-electron chi connectivity index (χ3n) is 2.30. The Kier molecular flexibility index (Phi) is 3.87. The van der Waals surface area contributed by atoms with E-state index < -0.39 is 0 Å². The van der Waals surface area contributed by atoms with Crippen molar-refractivity contribution in [2.45, 2.75) is 26.8 Å². The monoisotopic (exact) mass is 202 g/mol. The Labute approximate surface area is 89.7 Å². The number of aryl methyl sites for hydroxylation is 2. The van der Waals surface area contributed by atoms with Gasteiger partial charge in [-0.05, 0) is 30.5 Å². The van der Waals surface area contributed by atoms with Crippen LogP contribution in [0.4, 0.5) is 0 Å². The molecular weight excluding hydrogens is 188 g/mol. The number of nitrogens with one attached hydrogen (secondary N) is 1. The van der Waals surface area contributed by atoms with Crippen molar-refractivity contribution in [3.8, 4) is 6.07 Å². The summed E-state index contributed by atoms with van der Waals surface area (Å²) in [4.78, 5) is 11.0. The first-order valence-electron chi connectivity index (χ1n) is 4.83. The average molecular weight is 202 g/mol. The van der Waals surface area contributed by atoms with Gasteiger partial charge >= 0.3 is 0 Å². The van der Waals surface area contributed by atoms with E-state index in [1.54, 1.807) is 0 Å². The fourth-order valence-electron chi connectivity index (χ4n) is 1.25. The van der Waals surface area contributed by atoms with E-state index in [0.717, 1.165) is 5.56 Å². The van der Waals surface area contributed by atoms with Crippen LogP contribution in [0.1, 0.15) is 23.1 Å². The fourth-order valence-corrected chi connectivity index (χ4v) is 1.25. The summed E-state index contributed by atoms with van der Waals surface area (Å²) in [6, 6.07) is 7.87. The first kappa shape index (κ1) is 11.3. The highest BCUT2D eigenvalue weighted by Gasteiger charge is 2.00. The lowest BCUT2D eigenvalue weighted by Crippen LogP contribution is -2.21. The van der Waals surface area contributed by atoms with Gasteiger partial charge in [0.05, 0.1) is 6.07 Å². The highest BCUT2D eigenvalue weighted by Crippen LogP contribution is 2.09. The molecule has 1 amide bonds. The predicted molar refractivity (Wildman–Crippen MR) is 58.0 cm³/mol. The van der Waals surface area contributed by atoms with Gasteiger partial charge in [0.25, 0.3) is 0 Å². The Balaban J connectivity index is 2.55. The van der Waals surface area contributed by atoms with E-state index in [4.69, 9.17) is 5.26 Å². The number of nitriles is 1. The van der Waals surface area contributed by atoms with Crippen molar-refractivity contribution in [2.24, 2.45) is 0 Å². The molecule has 3 nitrogen and oxygen atoms in total. The van der Waals surface area contributed by atoms with Gasteiger partial charge in [-0.2, -0.15) is 5.26 Å². The average Bonchev–Trinajstić information content (AvgIpc) is 2.20. The predicted octanol–water partition coefficient (Wildman–Crippen LogP) is 1.83. The highest BCUT2D eigenvalue weighted by atomic mass is 16.1. The minimum Gasteiger partial charge on any atom is -0.351 e. The zero-order valence-corrected chi connectivity index (χ0v) is 9.00. The summed E-state index contributed by atoms with van der Waals surface area (Å²) < 4.78 is 0. The molecule has 0 bridgehead atoms. The van der Waals surface area contributed by atoms with Crippen molar-refractivity contribution in [3.05, 3.63) is 34.9 Å². The van der Waals surface area contributed by atoms with Crippen LogP contribution in [-0.4, -0.2) is 5.91 Å². The van der Waals surface area contributed by atoms with Gasteiger partial charge in [-0.25, -0.2) is 0 Å². The Morgan fingerprint density at radius 3 is 2.73 bits per heavy atom. The maximum Gasteiger partial charge on any atom is 0.234 e. The van der Waals surface area contributed by atoms with Gasteiger partial charge in [-0.3, -0.25) is 4.79 Å². The second-order valence-corrected chi connectivity index (χ2v) is 3.53. The fraction of sp³-hybridized carbons (Fsp3) is 0.333. The smallest absolute Gasteiger partial charge is 0.234 e. The Morgan fingerprint density at radius 2 is 2.13 bits per heavy atom. The molecule has 0 spiro atoms. The normalized spacial score (nSPS) is 9.40. The summed E-state index contributed by atoms with van der Waals surface area (Å²) in [5, 5.41) is 11.0. The Hall–Kier alpha value is -1.82. The lowest BCUT2D eigenvalue weighted by molar-refractivity contribution is -0.120.